The van der Waals surface area contributed by atoms with Crippen molar-refractivity contribution in [2.45, 2.75) is 19.6 Å². The summed E-state index contributed by atoms with van der Waals surface area (Å²) in [6.07, 6.45) is 0. The number of hydrogen-bond acceptors (Lipinski definition) is 5. The van der Waals surface area contributed by atoms with Crippen molar-refractivity contribution in [3.05, 3.63) is 70.0 Å². The van der Waals surface area contributed by atoms with Gasteiger partial charge < -0.3 is 4.74 Å². The first-order chi connectivity index (χ1) is 14.8. The number of benzene rings is 2. The molecule has 9 heteroatoms. The van der Waals surface area contributed by atoms with Gasteiger partial charge in [-0.1, -0.05) is 11.6 Å². The lowest BCUT2D eigenvalue weighted by Crippen LogP contribution is -2.27. The Morgan fingerprint density at radius 1 is 1.10 bits per heavy atom. The van der Waals surface area contributed by atoms with Crippen molar-refractivity contribution in [1.82, 2.24) is 24.1 Å². The quantitative estimate of drug-likeness (QED) is 0.427. The molecule has 1 atom stereocenters. The molecule has 0 fully saturated rings. The van der Waals surface area contributed by atoms with Crippen molar-refractivity contribution in [1.29, 1.82) is 0 Å². The van der Waals surface area contributed by atoms with E-state index in [1.54, 1.807) is 28.9 Å². The molecule has 0 saturated heterocycles. The highest BCUT2D eigenvalue weighted by Crippen LogP contribution is 2.22. The predicted molar refractivity (Wildman–Crippen MR) is 124 cm³/mol. The number of rotatable bonds is 9. The molecule has 0 bridgehead atoms. The number of ether oxygens (including phenoxy) is 1. The van der Waals surface area contributed by atoms with E-state index in [0.717, 1.165) is 17.3 Å². The molecular formula is C22H27ClFN5OS. The van der Waals surface area contributed by atoms with Gasteiger partial charge >= 0.3 is 0 Å². The van der Waals surface area contributed by atoms with E-state index >= 15 is 0 Å². The van der Waals surface area contributed by atoms with Crippen LogP contribution >= 0.6 is 23.8 Å². The summed E-state index contributed by atoms with van der Waals surface area (Å²) in [5.74, 6) is 1.29. The minimum absolute atomic E-state index is 0.0200. The standard InChI is InChI=1S/C22H27ClFN5OS/c1-16(26(2)3)21-25-28(22(31)29(21)19-9-7-18(24)8-10-19)15-27(4)13-14-30-20-11-5-17(23)6-12-20/h5-12,16H,13-15H2,1-4H3. The van der Waals surface area contributed by atoms with Crippen LogP contribution in [0.4, 0.5) is 4.39 Å². The van der Waals surface area contributed by atoms with Crippen LogP contribution in [0.3, 0.4) is 0 Å². The molecule has 6 nitrogen and oxygen atoms in total. The van der Waals surface area contributed by atoms with Crippen LogP contribution in [0.1, 0.15) is 18.8 Å². The van der Waals surface area contributed by atoms with Crippen molar-refractivity contribution >= 4 is 23.8 Å². The Labute approximate surface area is 192 Å². The Kier molecular flexibility index (Phi) is 7.83. The third-order valence-electron chi connectivity index (χ3n) is 5.03. The van der Waals surface area contributed by atoms with Gasteiger partial charge in [0.15, 0.2) is 5.82 Å². The number of halogens is 2. The van der Waals surface area contributed by atoms with Crippen LogP contribution in [0.2, 0.25) is 5.02 Å². The molecule has 0 N–H and O–H groups in total. The van der Waals surface area contributed by atoms with Crippen molar-refractivity contribution in [2.75, 3.05) is 34.3 Å². The highest BCUT2D eigenvalue weighted by atomic mass is 35.5. The lowest BCUT2D eigenvalue weighted by Gasteiger charge is -2.19. The molecule has 166 valence electrons. The highest BCUT2D eigenvalue weighted by molar-refractivity contribution is 7.71. The molecule has 0 spiro atoms. The number of likely N-dealkylation sites (N-methyl/N-ethyl adjacent to an activating group) is 1. The molecular weight excluding hydrogens is 437 g/mol. The summed E-state index contributed by atoms with van der Waals surface area (Å²) in [4.78, 5) is 4.14. The molecule has 0 aliphatic rings. The number of hydrogen-bond donors (Lipinski definition) is 0. The minimum Gasteiger partial charge on any atom is -0.492 e. The molecule has 0 amide bonds. The van der Waals surface area contributed by atoms with Crippen molar-refractivity contribution in [2.24, 2.45) is 0 Å². The second kappa shape index (κ2) is 10.4. The van der Waals surface area contributed by atoms with Gasteiger partial charge in [0.1, 0.15) is 18.2 Å². The van der Waals surface area contributed by atoms with Crippen molar-refractivity contribution < 1.29 is 9.13 Å². The molecule has 0 radical (unpaired) electrons. The van der Waals surface area contributed by atoms with E-state index in [-0.39, 0.29) is 11.9 Å². The van der Waals surface area contributed by atoms with E-state index in [4.69, 9.17) is 33.7 Å². The fraction of sp³-hybridized carbons (Fsp3) is 0.364. The maximum atomic E-state index is 13.4. The lowest BCUT2D eigenvalue weighted by molar-refractivity contribution is 0.197. The van der Waals surface area contributed by atoms with E-state index in [9.17, 15) is 4.39 Å². The summed E-state index contributed by atoms with van der Waals surface area (Å²) < 4.78 is 23.5. The monoisotopic (exact) mass is 463 g/mol. The van der Waals surface area contributed by atoms with Crippen LogP contribution in [0.5, 0.6) is 5.75 Å². The molecule has 0 saturated carbocycles. The van der Waals surface area contributed by atoms with Gasteiger partial charge in [-0.3, -0.25) is 14.4 Å². The summed E-state index contributed by atoms with van der Waals surface area (Å²) in [6, 6.07) is 13.6. The summed E-state index contributed by atoms with van der Waals surface area (Å²) in [6.45, 7) is 3.77. The third-order valence-corrected chi connectivity index (χ3v) is 5.67. The van der Waals surface area contributed by atoms with Gasteiger partial charge in [0.2, 0.25) is 4.77 Å². The van der Waals surface area contributed by atoms with Gasteiger partial charge in [0.05, 0.1) is 12.7 Å². The summed E-state index contributed by atoms with van der Waals surface area (Å²) in [7, 11) is 5.96. The minimum atomic E-state index is -0.287. The summed E-state index contributed by atoms with van der Waals surface area (Å²) >= 11 is 11.6. The predicted octanol–water partition coefficient (Wildman–Crippen LogP) is 4.79. The zero-order valence-corrected chi connectivity index (χ0v) is 19.7. The molecule has 2 aromatic carbocycles. The van der Waals surface area contributed by atoms with Crippen molar-refractivity contribution in [3.8, 4) is 11.4 Å². The topological polar surface area (TPSA) is 38.5 Å². The Hall–Kier alpha value is -2.26. The summed E-state index contributed by atoms with van der Waals surface area (Å²) in [5.41, 5.74) is 0.787. The van der Waals surface area contributed by atoms with Crippen LogP contribution in [0.15, 0.2) is 48.5 Å². The molecule has 3 rings (SSSR count). The zero-order valence-electron chi connectivity index (χ0n) is 18.1. The van der Waals surface area contributed by atoms with Crippen LogP contribution in [0, 0.1) is 10.6 Å². The maximum Gasteiger partial charge on any atom is 0.203 e. The first kappa shape index (κ1) is 23.4. The highest BCUT2D eigenvalue weighted by Gasteiger charge is 2.20. The molecule has 31 heavy (non-hydrogen) atoms. The average molecular weight is 464 g/mol. The fourth-order valence-electron chi connectivity index (χ4n) is 3.00. The first-order valence-corrected chi connectivity index (χ1v) is 10.7. The second-order valence-electron chi connectivity index (χ2n) is 7.62. The summed E-state index contributed by atoms with van der Waals surface area (Å²) in [5, 5.41) is 5.47. The third kappa shape index (κ3) is 5.92. The van der Waals surface area contributed by atoms with Gasteiger partial charge in [0.25, 0.3) is 0 Å². The molecule has 1 aromatic heterocycles. The molecule has 0 aliphatic heterocycles. The fourth-order valence-corrected chi connectivity index (χ4v) is 3.42. The SMILES string of the molecule is CC(c1nn(CN(C)CCOc2ccc(Cl)cc2)c(=S)n1-c1ccc(F)cc1)N(C)C. The molecule has 1 unspecified atom stereocenters. The maximum absolute atomic E-state index is 13.4. The van der Waals surface area contributed by atoms with Crippen LogP contribution in [-0.2, 0) is 6.67 Å². The van der Waals surface area contributed by atoms with Gasteiger partial charge in [-0.15, -0.1) is 0 Å². The first-order valence-electron chi connectivity index (χ1n) is 9.95. The normalized spacial score (nSPS) is 12.5. The molecule has 1 heterocycles. The Morgan fingerprint density at radius 3 is 2.35 bits per heavy atom. The number of nitrogens with zero attached hydrogens (tertiary/aromatic N) is 5. The zero-order chi connectivity index (χ0) is 22.5. The van der Waals surface area contributed by atoms with Crippen LogP contribution in [0.25, 0.3) is 5.69 Å². The van der Waals surface area contributed by atoms with E-state index in [0.29, 0.717) is 29.6 Å². The van der Waals surface area contributed by atoms with Gasteiger partial charge in [-0.25, -0.2) is 9.07 Å². The number of aromatic nitrogens is 3. The Morgan fingerprint density at radius 2 is 1.74 bits per heavy atom. The Bertz CT molecular complexity index is 1050. The average Bonchev–Trinajstić information content (AvgIpc) is 3.05. The van der Waals surface area contributed by atoms with E-state index in [2.05, 4.69) is 16.7 Å². The van der Waals surface area contributed by atoms with E-state index in [1.165, 1.54) is 12.1 Å². The van der Waals surface area contributed by atoms with Gasteiger partial charge in [-0.2, -0.15) is 5.10 Å². The molecule has 3 aromatic rings. The Balaban J connectivity index is 1.75. The second-order valence-corrected chi connectivity index (χ2v) is 8.42. The van der Waals surface area contributed by atoms with E-state index < -0.39 is 0 Å². The van der Waals surface area contributed by atoms with Gasteiger partial charge in [0, 0.05) is 17.3 Å². The van der Waals surface area contributed by atoms with E-state index in [1.807, 2.05) is 37.8 Å². The molecule has 0 aliphatic carbocycles. The smallest absolute Gasteiger partial charge is 0.203 e. The largest absolute Gasteiger partial charge is 0.492 e. The lowest BCUT2D eigenvalue weighted by atomic mass is 10.2. The van der Waals surface area contributed by atoms with Crippen LogP contribution < -0.4 is 4.74 Å². The van der Waals surface area contributed by atoms with Gasteiger partial charge in [-0.05, 0) is 88.8 Å². The van der Waals surface area contributed by atoms with Crippen LogP contribution in [-0.4, -0.2) is 58.4 Å². The van der Waals surface area contributed by atoms with Crippen molar-refractivity contribution in [3.63, 3.8) is 0 Å².